The van der Waals surface area contributed by atoms with Gasteiger partial charge in [0.2, 0.25) is 0 Å². The zero-order chi connectivity index (χ0) is 14.9. The second-order valence-corrected chi connectivity index (χ2v) is 5.06. The lowest BCUT2D eigenvalue weighted by Gasteiger charge is -2.17. The van der Waals surface area contributed by atoms with Crippen LogP contribution in [0.1, 0.15) is 29.9 Å². The number of carboxylic acid groups (broad SMARTS) is 1. The first-order chi connectivity index (χ1) is 9.41. The zero-order valence-electron chi connectivity index (χ0n) is 11.7. The summed E-state index contributed by atoms with van der Waals surface area (Å²) in [5.74, 6) is -1.81. The molecule has 2 rings (SSSR count). The van der Waals surface area contributed by atoms with Crippen molar-refractivity contribution >= 4 is 22.8 Å². The van der Waals surface area contributed by atoms with Gasteiger partial charge in [-0.05, 0) is 26.8 Å². The number of aliphatic carboxylic acids is 1. The number of aromatic nitrogens is 1. The lowest BCUT2D eigenvalue weighted by atomic mass is 10.0. The highest BCUT2D eigenvalue weighted by molar-refractivity contribution is 6.08. The first kappa shape index (κ1) is 14.1. The average molecular weight is 274 g/mol. The average Bonchev–Trinajstić information content (AvgIpc) is 2.73. The van der Waals surface area contributed by atoms with Gasteiger partial charge in [0.05, 0.1) is 11.5 Å². The molecule has 0 bridgehead atoms. The van der Waals surface area contributed by atoms with Gasteiger partial charge < -0.3 is 15.4 Å². The third kappa shape index (κ3) is 2.52. The van der Waals surface area contributed by atoms with Crippen molar-refractivity contribution in [2.45, 2.75) is 26.8 Å². The van der Waals surface area contributed by atoms with E-state index in [-0.39, 0.29) is 5.91 Å². The molecule has 2 unspecified atom stereocenters. The number of H-pyrrole nitrogens is 1. The van der Waals surface area contributed by atoms with Crippen LogP contribution in [0.5, 0.6) is 0 Å². The Bertz CT molecular complexity index is 660. The Hall–Kier alpha value is -2.30. The van der Waals surface area contributed by atoms with E-state index in [0.29, 0.717) is 5.56 Å². The van der Waals surface area contributed by atoms with Gasteiger partial charge in [-0.2, -0.15) is 0 Å². The molecule has 2 atom stereocenters. The van der Waals surface area contributed by atoms with E-state index < -0.39 is 17.9 Å². The Labute approximate surface area is 117 Å². The molecule has 0 fully saturated rings. The molecular formula is C15H18N2O3. The van der Waals surface area contributed by atoms with Crippen molar-refractivity contribution in [1.29, 1.82) is 0 Å². The van der Waals surface area contributed by atoms with Crippen LogP contribution in [0, 0.1) is 12.8 Å². The molecule has 1 heterocycles. The standard InChI is InChI=1S/C15H18N2O3/c1-8(15(19)20)9(2)17-14(18)13-10(3)16-12-7-5-4-6-11(12)13/h4-9,16H,1-3H3,(H,17,18)(H,19,20). The van der Waals surface area contributed by atoms with E-state index in [1.54, 1.807) is 13.8 Å². The number of carboxylic acids is 1. The quantitative estimate of drug-likeness (QED) is 0.800. The summed E-state index contributed by atoms with van der Waals surface area (Å²) in [7, 11) is 0. The first-order valence-electron chi connectivity index (χ1n) is 6.52. The predicted molar refractivity (Wildman–Crippen MR) is 76.8 cm³/mol. The lowest BCUT2D eigenvalue weighted by molar-refractivity contribution is -0.141. The van der Waals surface area contributed by atoms with Crippen LogP contribution >= 0.6 is 0 Å². The van der Waals surface area contributed by atoms with Crippen molar-refractivity contribution < 1.29 is 14.7 Å². The number of rotatable bonds is 4. The molecule has 5 nitrogen and oxygen atoms in total. The number of aryl methyl sites for hydroxylation is 1. The Morgan fingerprint density at radius 2 is 1.90 bits per heavy atom. The summed E-state index contributed by atoms with van der Waals surface area (Å²) in [5, 5.41) is 12.6. The number of carbonyl (C=O) groups excluding carboxylic acids is 1. The summed E-state index contributed by atoms with van der Waals surface area (Å²) in [6, 6.07) is 7.11. The number of hydrogen-bond acceptors (Lipinski definition) is 2. The second kappa shape index (κ2) is 5.36. The molecule has 1 aromatic heterocycles. The second-order valence-electron chi connectivity index (χ2n) is 5.06. The summed E-state index contributed by atoms with van der Waals surface area (Å²) >= 11 is 0. The summed E-state index contributed by atoms with van der Waals surface area (Å²) < 4.78 is 0. The molecule has 0 spiro atoms. The van der Waals surface area contributed by atoms with Crippen molar-refractivity contribution in [3.8, 4) is 0 Å². The van der Waals surface area contributed by atoms with Gasteiger partial charge in [0.1, 0.15) is 0 Å². The highest BCUT2D eigenvalue weighted by Gasteiger charge is 2.23. The van der Waals surface area contributed by atoms with E-state index in [1.807, 2.05) is 31.2 Å². The Kier molecular flexibility index (Phi) is 3.79. The minimum absolute atomic E-state index is 0.249. The van der Waals surface area contributed by atoms with Crippen LogP contribution in [0.4, 0.5) is 0 Å². The molecule has 3 N–H and O–H groups in total. The summed E-state index contributed by atoms with van der Waals surface area (Å²) in [6.07, 6.45) is 0. The topological polar surface area (TPSA) is 82.2 Å². The van der Waals surface area contributed by atoms with Crippen LogP contribution < -0.4 is 5.32 Å². The number of para-hydroxylation sites is 1. The van der Waals surface area contributed by atoms with Gasteiger partial charge in [0, 0.05) is 22.6 Å². The van der Waals surface area contributed by atoms with Crippen LogP contribution in [0.2, 0.25) is 0 Å². The number of fused-ring (bicyclic) bond motifs is 1. The van der Waals surface area contributed by atoms with Gasteiger partial charge in [-0.15, -0.1) is 0 Å². The van der Waals surface area contributed by atoms with Crippen LogP contribution in [-0.4, -0.2) is 28.0 Å². The van der Waals surface area contributed by atoms with E-state index in [1.165, 1.54) is 0 Å². The van der Waals surface area contributed by atoms with Crippen molar-refractivity contribution in [2.24, 2.45) is 5.92 Å². The Balaban J connectivity index is 2.28. The molecule has 20 heavy (non-hydrogen) atoms. The minimum Gasteiger partial charge on any atom is -0.481 e. The van der Waals surface area contributed by atoms with Gasteiger partial charge in [-0.3, -0.25) is 9.59 Å². The molecule has 106 valence electrons. The van der Waals surface area contributed by atoms with E-state index in [0.717, 1.165) is 16.6 Å². The third-order valence-corrected chi connectivity index (χ3v) is 3.62. The molecule has 0 saturated heterocycles. The number of hydrogen-bond donors (Lipinski definition) is 3. The molecule has 5 heteroatoms. The van der Waals surface area contributed by atoms with Gasteiger partial charge >= 0.3 is 5.97 Å². The van der Waals surface area contributed by atoms with Crippen molar-refractivity contribution in [3.05, 3.63) is 35.5 Å². The maximum Gasteiger partial charge on any atom is 0.308 e. The molecule has 2 aromatic rings. The molecule has 0 aliphatic carbocycles. The number of aromatic amines is 1. The fourth-order valence-corrected chi connectivity index (χ4v) is 2.19. The number of benzene rings is 1. The first-order valence-corrected chi connectivity index (χ1v) is 6.52. The van der Waals surface area contributed by atoms with E-state index in [9.17, 15) is 9.59 Å². The maximum absolute atomic E-state index is 12.4. The number of carbonyl (C=O) groups is 2. The van der Waals surface area contributed by atoms with E-state index >= 15 is 0 Å². The molecule has 1 amide bonds. The van der Waals surface area contributed by atoms with E-state index in [4.69, 9.17) is 5.11 Å². The third-order valence-electron chi connectivity index (χ3n) is 3.62. The molecule has 0 saturated carbocycles. The van der Waals surface area contributed by atoms with Gasteiger partial charge in [0.15, 0.2) is 0 Å². The smallest absolute Gasteiger partial charge is 0.308 e. The normalized spacial score (nSPS) is 13.9. The highest BCUT2D eigenvalue weighted by atomic mass is 16.4. The van der Waals surface area contributed by atoms with Crippen LogP contribution in [0.25, 0.3) is 10.9 Å². The maximum atomic E-state index is 12.4. The Morgan fingerprint density at radius 1 is 1.25 bits per heavy atom. The van der Waals surface area contributed by atoms with Gasteiger partial charge in [0.25, 0.3) is 5.91 Å². The highest BCUT2D eigenvalue weighted by Crippen LogP contribution is 2.22. The van der Waals surface area contributed by atoms with E-state index in [2.05, 4.69) is 10.3 Å². The fraction of sp³-hybridized carbons (Fsp3) is 0.333. The molecular weight excluding hydrogens is 256 g/mol. The van der Waals surface area contributed by atoms with Crippen LogP contribution in [-0.2, 0) is 4.79 Å². The van der Waals surface area contributed by atoms with Crippen molar-refractivity contribution in [3.63, 3.8) is 0 Å². The van der Waals surface area contributed by atoms with Gasteiger partial charge in [-0.25, -0.2) is 0 Å². The molecule has 0 radical (unpaired) electrons. The predicted octanol–water partition coefficient (Wildman–Crippen LogP) is 2.32. The summed E-state index contributed by atoms with van der Waals surface area (Å²) in [6.45, 7) is 5.11. The zero-order valence-corrected chi connectivity index (χ0v) is 11.7. The monoisotopic (exact) mass is 274 g/mol. The number of amides is 1. The van der Waals surface area contributed by atoms with Crippen molar-refractivity contribution in [2.75, 3.05) is 0 Å². The number of nitrogens with one attached hydrogen (secondary N) is 2. The fourth-order valence-electron chi connectivity index (χ4n) is 2.19. The molecule has 1 aromatic carbocycles. The lowest BCUT2D eigenvalue weighted by Crippen LogP contribution is -2.40. The molecule has 0 aliphatic heterocycles. The summed E-state index contributed by atoms with van der Waals surface area (Å²) in [4.78, 5) is 26.4. The van der Waals surface area contributed by atoms with Crippen LogP contribution in [0.15, 0.2) is 24.3 Å². The van der Waals surface area contributed by atoms with Crippen LogP contribution in [0.3, 0.4) is 0 Å². The minimum atomic E-state index is -0.923. The largest absolute Gasteiger partial charge is 0.481 e. The SMILES string of the molecule is Cc1[nH]c2ccccc2c1C(=O)NC(C)C(C)C(=O)O. The van der Waals surface area contributed by atoms with Gasteiger partial charge in [-0.1, -0.05) is 18.2 Å². The molecule has 0 aliphatic rings. The Morgan fingerprint density at radius 3 is 2.55 bits per heavy atom. The summed E-state index contributed by atoms with van der Waals surface area (Å²) in [5.41, 5.74) is 2.25. The van der Waals surface area contributed by atoms with Crippen molar-refractivity contribution in [1.82, 2.24) is 10.3 Å².